The largest absolute Gasteiger partial charge is 0.314 e. The van der Waals surface area contributed by atoms with E-state index in [0.717, 1.165) is 25.8 Å². The van der Waals surface area contributed by atoms with Crippen LogP contribution in [-0.2, 0) is 6.42 Å². The second-order valence-electron chi connectivity index (χ2n) is 5.48. The lowest BCUT2D eigenvalue weighted by atomic mass is 9.97. The number of benzene rings is 1. The van der Waals surface area contributed by atoms with Gasteiger partial charge in [-0.3, -0.25) is 0 Å². The molecule has 0 aromatic heterocycles. The summed E-state index contributed by atoms with van der Waals surface area (Å²) < 4.78 is 27.3. The number of nitrogens with one attached hydrogen (secondary N) is 1. The molecule has 1 rings (SSSR count). The zero-order valence-electron chi connectivity index (χ0n) is 12.2. The van der Waals surface area contributed by atoms with E-state index in [1.54, 1.807) is 0 Å². The summed E-state index contributed by atoms with van der Waals surface area (Å²) in [5.74, 6) is -0.203. The first-order valence-electron chi connectivity index (χ1n) is 7.20. The zero-order chi connectivity index (χ0) is 14.3. The van der Waals surface area contributed by atoms with E-state index in [0.29, 0.717) is 12.3 Å². The molecule has 0 fully saturated rings. The summed E-state index contributed by atoms with van der Waals surface area (Å²) in [6, 6.07) is 4.22. The van der Waals surface area contributed by atoms with Gasteiger partial charge in [0.05, 0.1) is 0 Å². The molecular formula is C16H25F2N. The van der Waals surface area contributed by atoms with E-state index in [9.17, 15) is 8.78 Å². The zero-order valence-corrected chi connectivity index (χ0v) is 12.2. The molecule has 0 heterocycles. The second kappa shape index (κ2) is 8.26. The second-order valence-corrected chi connectivity index (χ2v) is 5.48. The van der Waals surface area contributed by atoms with Crippen molar-refractivity contribution in [3.05, 3.63) is 35.4 Å². The van der Waals surface area contributed by atoms with Crippen molar-refractivity contribution in [2.45, 2.75) is 52.5 Å². The van der Waals surface area contributed by atoms with Gasteiger partial charge in [-0.1, -0.05) is 39.7 Å². The highest BCUT2D eigenvalue weighted by atomic mass is 19.1. The molecule has 1 unspecified atom stereocenters. The fourth-order valence-electron chi connectivity index (χ4n) is 2.31. The van der Waals surface area contributed by atoms with Gasteiger partial charge in [-0.2, -0.15) is 0 Å². The fraction of sp³-hybridized carbons (Fsp3) is 0.625. The molecule has 0 saturated carbocycles. The predicted octanol–water partition coefficient (Wildman–Crippen LogP) is 4.31. The maximum absolute atomic E-state index is 13.6. The Labute approximate surface area is 115 Å². The van der Waals surface area contributed by atoms with Gasteiger partial charge < -0.3 is 5.32 Å². The van der Waals surface area contributed by atoms with Crippen molar-refractivity contribution in [2.24, 2.45) is 5.92 Å². The molecule has 0 aliphatic carbocycles. The van der Waals surface area contributed by atoms with Crippen LogP contribution in [0.4, 0.5) is 8.78 Å². The molecule has 3 heteroatoms. The summed E-state index contributed by atoms with van der Waals surface area (Å²) in [6.45, 7) is 7.23. The van der Waals surface area contributed by atoms with E-state index in [4.69, 9.17) is 0 Å². The molecule has 0 aliphatic rings. The molecular weight excluding hydrogens is 244 g/mol. The van der Waals surface area contributed by atoms with Crippen LogP contribution in [0.25, 0.3) is 0 Å². The van der Waals surface area contributed by atoms with E-state index in [1.165, 1.54) is 18.2 Å². The van der Waals surface area contributed by atoms with Crippen LogP contribution in [0.1, 0.15) is 45.6 Å². The minimum absolute atomic E-state index is 0.148. The lowest BCUT2D eigenvalue weighted by Gasteiger charge is -2.19. The van der Waals surface area contributed by atoms with Crippen molar-refractivity contribution < 1.29 is 8.78 Å². The normalized spacial score (nSPS) is 12.9. The molecule has 19 heavy (non-hydrogen) atoms. The Morgan fingerprint density at radius 3 is 2.26 bits per heavy atom. The summed E-state index contributed by atoms with van der Waals surface area (Å²) in [5.41, 5.74) is 0.206. The van der Waals surface area contributed by atoms with Crippen molar-refractivity contribution in [1.29, 1.82) is 0 Å². The fourth-order valence-corrected chi connectivity index (χ4v) is 2.31. The quantitative estimate of drug-likeness (QED) is 0.741. The van der Waals surface area contributed by atoms with Crippen LogP contribution in [0.2, 0.25) is 0 Å². The summed E-state index contributed by atoms with van der Waals surface area (Å²) in [6.07, 6.45) is 3.62. The highest BCUT2D eigenvalue weighted by Crippen LogP contribution is 2.17. The first kappa shape index (κ1) is 16.1. The van der Waals surface area contributed by atoms with Crippen LogP contribution < -0.4 is 5.32 Å². The van der Waals surface area contributed by atoms with Crippen LogP contribution >= 0.6 is 0 Å². The van der Waals surface area contributed by atoms with E-state index in [1.807, 2.05) is 6.92 Å². The molecule has 1 N–H and O–H groups in total. The molecule has 0 radical (unpaired) electrons. The average molecular weight is 269 g/mol. The molecule has 1 atom stereocenters. The van der Waals surface area contributed by atoms with Crippen molar-refractivity contribution in [1.82, 2.24) is 5.32 Å². The number of likely N-dealkylation sites (N-methyl/N-ethyl adjacent to an activating group) is 1. The van der Waals surface area contributed by atoms with E-state index in [2.05, 4.69) is 19.2 Å². The van der Waals surface area contributed by atoms with Gasteiger partial charge in [0.1, 0.15) is 11.6 Å². The Kier molecular flexibility index (Phi) is 7.00. The van der Waals surface area contributed by atoms with Crippen molar-refractivity contribution in [2.75, 3.05) is 6.54 Å². The number of rotatable bonds is 8. The van der Waals surface area contributed by atoms with Gasteiger partial charge in [0.25, 0.3) is 0 Å². The molecule has 1 nitrogen and oxygen atoms in total. The van der Waals surface area contributed by atoms with Gasteiger partial charge in [0, 0.05) is 11.6 Å². The highest BCUT2D eigenvalue weighted by Gasteiger charge is 2.15. The van der Waals surface area contributed by atoms with E-state index in [-0.39, 0.29) is 11.6 Å². The molecule has 108 valence electrons. The summed E-state index contributed by atoms with van der Waals surface area (Å²) in [5, 5.41) is 3.33. The standard InChI is InChI=1S/C16H25F2N/c1-4-19-13(8-5-7-12(2)3)11-14-15(17)9-6-10-16(14)18/h6,9-10,12-13,19H,4-5,7-8,11H2,1-3H3. The third kappa shape index (κ3) is 5.68. The van der Waals surface area contributed by atoms with E-state index >= 15 is 0 Å². The number of hydrogen-bond acceptors (Lipinski definition) is 1. The number of hydrogen-bond donors (Lipinski definition) is 1. The third-order valence-electron chi connectivity index (χ3n) is 3.34. The maximum atomic E-state index is 13.6. The summed E-state index contributed by atoms with van der Waals surface area (Å²) >= 11 is 0. The smallest absolute Gasteiger partial charge is 0.129 e. The predicted molar refractivity (Wildman–Crippen MR) is 76.2 cm³/mol. The number of halogens is 2. The minimum Gasteiger partial charge on any atom is -0.314 e. The lowest BCUT2D eigenvalue weighted by Crippen LogP contribution is -2.31. The molecule has 0 aliphatic heterocycles. The Hall–Kier alpha value is -0.960. The molecule has 0 bridgehead atoms. The van der Waals surface area contributed by atoms with Gasteiger partial charge in [-0.05, 0) is 37.4 Å². The molecule has 1 aromatic carbocycles. The van der Waals surface area contributed by atoms with Gasteiger partial charge >= 0.3 is 0 Å². The van der Waals surface area contributed by atoms with Gasteiger partial charge in [0.2, 0.25) is 0 Å². The first-order valence-corrected chi connectivity index (χ1v) is 7.20. The van der Waals surface area contributed by atoms with Crippen LogP contribution in [0, 0.1) is 17.6 Å². The van der Waals surface area contributed by atoms with Gasteiger partial charge in [-0.15, -0.1) is 0 Å². The SMILES string of the molecule is CCNC(CCCC(C)C)Cc1c(F)cccc1F. The van der Waals surface area contributed by atoms with Crippen molar-refractivity contribution in [3.8, 4) is 0 Å². The molecule has 1 aromatic rings. The summed E-state index contributed by atoms with van der Waals surface area (Å²) in [4.78, 5) is 0. The minimum atomic E-state index is -0.438. The third-order valence-corrected chi connectivity index (χ3v) is 3.34. The molecule has 0 saturated heterocycles. The Bertz CT molecular complexity index is 357. The van der Waals surface area contributed by atoms with Crippen LogP contribution in [-0.4, -0.2) is 12.6 Å². The van der Waals surface area contributed by atoms with E-state index < -0.39 is 11.6 Å². The topological polar surface area (TPSA) is 12.0 Å². The van der Waals surface area contributed by atoms with Gasteiger partial charge in [0.15, 0.2) is 0 Å². The maximum Gasteiger partial charge on any atom is 0.129 e. The Balaban J connectivity index is 2.62. The highest BCUT2D eigenvalue weighted by molar-refractivity contribution is 5.20. The van der Waals surface area contributed by atoms with Crippen LogP contribution in [0.5, 0.6) is 0 Å². The molecule has 0 spiro atoms. The first-order chi connectivity index (χ1) is 9.04. The monoisotopic (exact) mass is 269 g/mol. The Morgan fingerprint density at radius 2 is 1.74 bits per heavy atom. The Morgan fingerprint density at radius 1 is 1.11 bits per heavy atom. The van der Waals surface area contributed by atoms with Gasteiger partial charge in [-0.25, -0.2) is 8.78 Å². The summed E-state index contributed by atoms with van der Waals surface area (Å²) in [7, 11) is 0. The van der Waals surface area contributed by atoms with Crippen LogP contribution in [0.3, 0.4) is 0 Å². The lowest BCUT2D eigenvalue weighted by molar-refractivity contribution is 0.429. The van der Waals surface area contributed by atoms with Crippen LogP contribution in [0.15, 0.2) is 18.2 Å². The van der Waals surface area contributed by atoms with Crippen molar-refractivity contribution >= 4 is 0 Å². The van der Waals surface area contributed by atoms with Crippen molar-refractivity contribution in [3.63, 3.8) is 0 Å². The average Bonchev–Trinajstić information content (AvgIpc) is 2.33. The molecule has 0 amide bonds.